The molecule has 0 unspecified atom stereocenters. The fourth-order valence-corrected chi connectivity index (χ4v) is 3.15. The van der Waals surface area contributed by atoms with Gasteiger partial charge in [-0.25, -0.2) is 4.79 Å². The molecule has 1 amide bonds. The van der Waals surface area contributed by atoms with E-state index < -0.39 is 18.7 Å². The summed E-state index contributed by atoms with van der Waals surface area (Å²) in [7, 11) is 0. The van der Waals surface area contributed by atoms with Gasteiger partial charge in [0.25, 0.3) is 5.91 Å². The largest absolute Gasteiger partial charge is 0.482 e. The summed E-state index contributed by atoms with van der Waals surface area (Å²) in [5.74, 6) is -0.996. The number of fused-ring (bicyclic) bond motifs is 1. The van der Waals surface area contributed by atoms with Crippen LogP contribution in [0.25, 0.3) is 10.8 Å². The lowest BCUT2D eigenvalue weighted by Crippen LogP contribution is -2.13. The standard InChI is InChI=1S/C23H23NO5/c1-2-5-21(25)16-10-11-19-15(12-16)6-3-9-20(19)23(28)24-17-7-4-8-18(13-17)29-14-22(26)27/h3-4,6-13,21,25H,2,5,14H2,1H3,(H,24,28)(H,26,27)/t21-/m1/s1. The molecule has 0 saturated carbocycles. The molecule has 3 aromatic rings. The van der Waals surface area contributed by atoms with Gasteiger partial charge in [0.05, 0.1) is 6.10 Å². The number of aliphatic carboxylic acids is 1. The fraction of sp³-hybridized carbons (Fsp3) is 0.217. The number of nitrogens with one attached hydrogen (secondary N) is 1. The Kier molecular flexibility index (Phi) is 6.46. The van der Waals surface area contributed by atoms with E-state index in [0.29, 0.717) is 23.4 Å². The second kappa shape index (κ2) is 9.21. The molecule has 0 heterocycles. The third kappa shape index (κ3) is 5.12. The van der Waals surface area contributed by atoms with Crippen molar-refractivity contribution in [2.24, 2.45) is 0 Å². The molecule has 0 aliphatic rings. The zero-order valence-corrected chi connectivity index (χ0v) is 16.1. The van der Waals surface area contributed by atoms with Crippen molar-refractivity contribution >= 4 is 28.3 Å². The van der Waals surface area contributed by atoms with E-state index in [0.717, 1.165) is 22.8 Å². The average molecular weight is 393 g/mol. The second-order valence-corrected chi connectivity index (χ2v) is 6.75. The number of aliphatic hydroxyl groups is 1. The molecule has 0 aliphatic carbocycles. The maximum atomic E-state index is 12.8. The summed E-state index contributed by atoms with van der Waals surface area (Å²) in [6.07, 6.45) is 1.05. The van der Waals surface area contributed by atoms with Gasteiger partial charge in [-0.1, -0.05) is 43.7 Å². The van der Waals surface area contributed by atoms with Crippen LogP contribution in [0.15, 0.2) is 60.7 Å². The number of hydrogen-bond donors (Lipinski definition) is 3. The highest BCUT2D eigenvalue weighted by Crippen LogP contribution is 2.26. The van der Waals surface area contributed by atoms with E-state index in [1.807, 2.05) is 31.2 Å². The van der Waals surface area contributed by atoms with Gasteiger partial charge in [0.2, 0.25) is 0 Å². The number of anilines is 1. The van der Waals surface area contributed by atoms with E-state index in [2.05, 4.69) is 5.32 Å². The molecule has 3 N–H and O–H groups in total. The van der Waals surface area contributed by atoms with E-state index in [1.54, 1.807) is 36.4 Å². The first-order valence-corrected chi connectivity index (χ1v) is 9.44. The van der Waals surface area contributed by atoms with Crippen LogP contribution in [-0.4, -0.2) is 28.7 Å². The number of carboxylic acids is 1. The molecule has 6 heteroatoms. The molecule has 0 spiro atoms. The van der Waals surface area contributed by atoms with Gasteiger partial charge in [0.15, 0.2) is 6.61 Å². The van der Waals surface area contributed by atoms with Gasteiger partial charge >= 0.3 is 5.97 Å². The SMILES string of the molecule is CCC[C@@H](O)c1ccc2c(C(=O)Nc3cccc(OCC(=O)O)c3)cccc2c1. The predicted octanol–water partition coefficient (Wildman–Crippen LogP) is 4.39. The Labute approximate surface area is 168 Å². The minimum Gasteiger partial charge on any atom is -0.482 e. The van der Waals surface area contributed by atoms with Crippen molar-refractivity contribution < 1.29 is 24.5 Å². The number of hydrogen-bond acceptors (Lipinski definition) is 4. The normalized spacial score (nSPS) is 11.8. The molecule has 3 rings (SSSR count). The van der Waals surface area contributed by atoms with E-state index in [-0.39, 0.29) is 5.91 Å². The molecule has 0 fully saturated rings. The number of carboxylic acid groups (broad SMARTS) is 1. The Balaban J connectivity index is 1.82. The van der Waals surface area contributed by atoms with Crippen LogP contribution in [-0.2, 0) is 4.79 Å². The summed E-state index contributed by atoms with van der Waals surface area (Å²) >= 11 is 0. The highest BCUT2D eigenvalue weighted by molar-refractivity contribution is 6.13. The third-order valence-electron chi connectivity index (χ3n) is 4.55. The van der Waals surface area contributed by atoms with Crippen LogP contribution >= 0.6 is 0 Å². The Morgan fingerprint density at radius 2 is 1.86 bits per heavy atom. The van der Waals surface area contributed by atoms with Gasteiger partial charge in [-0.2, -0.15) is 0 Å². The number of amides is 1. The summed E-state index contributed by atoms with van der Waals surface area (Å²) in [5, 5.41) is 23.4. The molecule has 0 radical (unpaired) electrons. The molecule has 0 aliphatic heterocycles. The topological polar surface area (TPSA) is 95.9 Å². The van der Waals surface area contributed by atoms with Crippen molar-refractivity contribution in [3.8, 4) is 5.75 Å². The van der Waals surface area contributed by atoms with E-state index >= 15 is 0 Å². The maximum absolute atomic E-state index is 12.8. The van der Waals surface area contributed by atoms with Crippen LogP contribution in [0.5, 0.6) is 5.75 Å². The maximum Gasteiger partial charge on any atom is 0.341 e. The Bertz CT molecular complexity index is 1030. The lowest BCUT2D eigenvalue weighted by Gasteiger charge is -2.13. The predicted molar refractivity (Wildman–Crippen MR) is 111 cm³/mol. The Morgan fingerprint density at radius 1 is 1.07 bits per heavy atom. The first-order chi connectivity index (χ1) is 14.0. The van der Waals surface area contributed by atoms with Crippen molar-refractivity contribution in [2.45, 2.75) is 25.9 Å². The number of carbonyl (C=O) groups excluding carboxylic acids is 1. The number of aliphatic hydroxyl groups excluding tert-OH is 1. The molecular formula is C23H23NO5. The Hall–Kier alpha value is -3.38. The van der Waals surface area contributed by atoms with Crippen LogP contribution < -0.4 is 10.1 Å². The molecule has 6 nitrogen and oxygen atoms in total. The highest BCUT2D eigenvalue weighted by Gasteiger charge is 2.13. The Morgan fingerprint density at radius 3 is 2.62 bits per heavy atom. The van der Waals surface area contributed by atoms with Crippen molar-refractivity contribution in [1.82, 2.24) is 0 Å². The number of benzene rings is 3. The monoisotopic (exact) mass is 393 g/mol. The number of carbonyl (C=O) groups is 2. The lowest BCUT2D eigenvalue weighted by atomic mass is 9.98. The molecular weight excluding hydrogens is 370 g/mol. The quantitative estimate of drug-likeness (QED) is 0.527. The van der Waals surface area contributed by atoms with Crippen LogP contribution in [0.2, 0.25) is 0 Å². The van der Waals surface area contributed by atoms with Gasteiger partial charge in [-0.05, 0) is 47.0 Å². The molecule has 0 aromatic heterocycles. The third-order valence-corrected chi connectivity index (χ3v) is 4.55. The van der Waals surface area contributed by atoms with Crippen LogP contribution in [0.1, 0.15) is 41.8 Å². The van der Waals surface area contributed by atoms with Gasteiger partial charge in [0, 0.05) is 17.3 Å². The van der Waals surface area contributed by atoms with E-state index in [1.165, 1.54) is 0 Å². The molecule has 3 aromatic carbocycles. The average Bonchev–Trinajstić information content (AvgIpc) is 2.71. The minimum absolute atomic E-state index is 0.284. The number of ether oxygens (including phenoxy) is 1. The summed E-state index contributed by atoms with van der Waals surface area (Å²) in [5.41, 5.74) is 1.85. The van der Waals surface area contributed by atoms with Crippen molar-refractivity contribution in [3.05, 3.63) is 71.8 Å². The van der Waals surface area contributed by atoms with Crippen molar-refractivity contribution in [3.63, 3.8) is 0 Å². The van der Waals surface area contributed by atoms with Crippen molar-refractivity contribution in [2.75, 3.05) is 11.9 Å². The summed E-state index contributed by atoms with van der Waals surface area (Å²) in [6, 6.07) is 17.6. The molecule has 1 atom stereocenters. The first kappa shape index (κ1) is 20.4. The zero-order chi connectivity index (χ0) is 20.8. The lowest BCUT2D eigenvalue weighted by molar-refractivity contribution is -0.139. The number of rotatable bonds is 8. The fourth-order valence-electron chi connectivity index (χ4n) is 3.15. The van der Waals surface area contributed by atoms with Gasteiger partial charge in [-0.3, -0.25) is 4.79 Å². The van der Waals surface area contributed by atoms with Gasteiger partial charge in [-0.15, -0.1) is 0 Å². The van der Waals surface area contributed by atoms with E-state index in [4.69, 9.17) is 9.84 Å². The van der Waals surface area contributed by atoms with Crippen LogP contribution in [0, 0.1) is 0 Å². The molecule has 150 valence electrons. The molecule has 29 heavy (non-hydrogen) atoms. The molecule has 0 bridgehead atoms. The smallest absolute Gasteiger partial charge is 0.341 e. The van der Waals surface area contributed by atoms with Crippen LogP contribution in [0.4, 0.5) is 5.69 Å². The van der Waals surface area contributed by atoms with Crippen LogP contribution in [0.3, 0.4) is 0 Å². The summed E-state index contributed by atoms with van der Waals surface area (Å²) < 4.78 is 5.15. The van der Waals surface area contributed by atoms with Gasteiger partial charge < -0.3 is 20.3 Å². The highest BCUT2D eigenvalue weighted by atomic mass is 16.5. The van der Waals surface area contributed by atoms with E-state index in [9.17, 15) is 14.7 Å². The first-order valence-electron chi connectivity index (χ1n) is 9.44. The molecule has 0 saturated heterocycles. The summed E-state index contributed by atoms with van der Waals surface area (Å²) in [4.78, 5) is 23.5. The zero-order valence-electron chi connectivity index (χ0n) is 16.1. The van der Waals surface area contributed by atoms with Gasteiger partial charge in [0.1, 0.15) is 5.75 Å². The summed E-state index contributed by atoms with van der Waals surface area (Å²) in [6.45, 7) is 1.57. The second-order valence-electron chi connectivity index (χ2n) is 6.75. The minimum atomic E-state index is -1.07. The van der Waals surface area contributed by atoms with Crippen molar-refractivity contribution in [1.29, 1.82) is 0 Å².